The Morgan fingerprint density at radius 2 is 1.78 bits per heavy atom. The summed E-state index contributed by atoms with van der Waals surface area (Å²) < 4.78 is 31.6. The number of anilines is 1. The Morgan fingerprint density at radius 1 is 1.08 bits per heavy atom. The summed E-state index contributed by atoms with van der Waals surface area (Å²) in [6.07, 6.45) is -0.412. The van der Waals surface area contributed by atoms with E-state index in [2.05, 4.69) is 10.2 Å². The van der Waals surface area contributed by atoms with Gasteiger partial charge in [0.1, 0.15) is 0 Å². The average Bonchev–Trinajstić information content (AvgIpc) is 2.82. The zero-order chi connectivity index (χ0) is 26.0. The molecule has 1 unspecified atom stereocenters. The van der Waals surface area contributed by atoms with Crippen molar-refractivity contribution in [1.29, 1.82) is 0 Å². The van der Waals surface area contributed by atoms with Crippen LogP contribution in [-0.4, -0.2) is 55.8 Å². The fourth-order valence-corrected chi connectivity index (χ4v) is 5.03. The highest BCUT2D eigenvalue weighted by atomic mass is 32.2. The quantitative estimate of drug-likeness (QED) is 0.482. The third-order valence-corrected chi connectivity index (χ3v) is 7.25. The predicted molar refractivity (Wildman–Crippen MR) is 133 cm³/mol. The standard InChI is InChI=1S/C25H26N4O6S/c1-15(24(31)26-17-8-10-18(11-9-17)36(33,34)28-16(2)30)35-25(32)23-19-6-4-5-7-21(19)27-22-12-13-29(3)14-20(22)23/h4-11,15H,12-14H2,1-3H3,(H,26,31)(H,28,30). The highest BCUT2D eigenvalue weighted by Crippen LogP contribution is 2.28. The van der Waals surface area contributed by atoms with Crippen molar-refractivity contribution in [3.8, 4) is 0 Å². The monoisotopic (exact) mass is 510 g/mol. The number of hydrogen-bond acceptors (Lipinski definition) is 8. The number of amides is 2. The number of fused-ring (bicyclic) bond motifs is 2. The van der Waals surface area contributed by atoms with Crippen molar-refractivity contribution in [2.75, 3.05) is 18.9 Å². The minimum absolute atomic E-state index is 0.130. The van der Waals surface area contributed by atoms with Gasteiger partial charge in [-0.15, -0.1) is 0 Å². The van der Waals surface area contributed by atoms with Crippen molar-refractivity contribution in [2.45, 2.75) is 37.8 Å². The van der Waals surface area contributed by atoms with Crippen LogP contribution in [0.4, 0.5) is 5.69 Å². The average molecular weight is 511 g/mol. The van der Waals surface area contributed by atoms with Crippen LogP contribution >= 0.6 is 0 Å². The molecule has 0 aliphatic carbocycles. The van der Waals surface area contributed by atoms with Gasteiger partial charge in [0.15, 0.2) is 6.10 Å². The smallest absolute Gasteiger partial charge is 0.339 e. The molecule has 10 nitrogen and oxygen atoms in total. The summed E-state index contributed by atoms with van der Waals surface area (Å²) in [5, 5.41) is 3.27. The highest BCUT2D eigenvalue weighted by Gasteiger charge is 2.28. The summed E-state index contributed by atoms with van der Waals surface area (Å²) in [5.74, 6) is -1.90. The van der Waals surface area contributed by atoms with Crippen LogP contribution in [0.1, 0.15) is 35.5 Å². The number of likely N-dealkylation sites (N-methyl/N-ethyl adjacent to an activating group) is 1. The first kappa shape index (κ1) is 25.3. The van der Waals surface area contributed by atoms with E-state index in [9.17, 15) is 22.8 Å². The Labute approximate surface area is 208 Å². The second kappa shape index (κ2) is 10.0. The van der Waals surface area contributed by atoms with Crippen LogP contribution in [0.2, 0.25) is 0 Å². The van der Waals surface area contributed by atoms with E-state index in [0.717, 1.165) is 24.7 Å². The summed E-state index contributed by atoms with van der Waals surface area (Å²) in [6.45, 7) is 3.94. The number of sulfonamides is 1. The number of hydrogen-bond donors (Lipinski definition) is 2. The third-order valence-electron chi connectivity index (χ3n) is 5.80. The zero-order valence-corrected chi connectivity index (χ0v) is 20.9. The molecule has 2 amide bonds. The number of nitrogens with one attached hydrogen (secondary N) is 2. The molecule has 0 fully saturated rings. The van der Waals surface area contributed by atoms with E-state index < -0.39 is 33.9 Å². The lowest BCUT2D eigenvalue weighted by molar-refractivity contribution is -0.123. The van der Waals surface area contributed by atoms with Crippen molar-refractivity contribution >= 4 is 44.4 Å². The van der Waals surface area contributed by atoms with Crippen molar-refractivity contribution in [1.82, 2.24) is 14.6 Å². The van der Waals surface area contributed by atoms with Crippen LogP contribution in [0.3, 0.4) is 0 Å². The number of nitrogens with zero attached hydrogens (tertiary/aromatic N) is 2. The van der Waals surface area contributed by atoms with Gasteiger partial charge in [0.2, 0.25) is 5.91 Å². The van der Waals surface area contributed by atoms with Crippen LogP contribution in [0.15, 0.2) is 53.4 Å². The van der Waals surface area contributed by atoms with Gasteiger partial charge in [-0.25, -0.2) is 17.9 Å². The molecular formula is C25H26N4O6S. The van der Waals surface area contributed by atoms with E-state index in [1.165, 1.54) is 31.2 Å². The molecule has 1 atom stereocenters. The van der Waals surface area contributed by atoms with Gasteiger partial charge in [-0.1, -0.05) is 18.2 Å². The Kier molecular flexibility index (Phi) is 7.04. The van der Waals surface area contributed by atoms with Crippen LogP contribution in [-0.2, 0) is 37.3 Å². The minimum atomic E-state index is -3.99. The lowest BCUT2D eigenvalue weighted by Crippen LogP contribution is -2.32. The number of para-hydroxylation sites is 1. The van der Waals surface area contributed by atoms with Crippen LogP contribution in [0, 0.1) is 0 Å². The molecule has 0 bridgehead atoms. The number of rotatable bonds is 6. The maximum absolute atomic E-state index is 13.3. The van der Waals surface area contributed by atoms with E-state index in [0.29, 0.717) is 35.1 Å². The predicted octanol–water partition coefficient (Wildman–Crippen LogP) is 2.23. The Bertz CT molecular complexity index is 1450. The lowest BCUT2D eigenvalue weighted by Gasteiger charge is -2.27. The Morgan fingerprint density at radius 3 is 2.47 bits per heavy atom. The Hall–Kier alpha value is -3.83. The molecule has 11 heteroatoms. The maximum Gasteiger partial charge on any atom is 0.339 e. The number of carbonyl (C=O) groups excluding carboxylic acids is 3. The van der Waals surface area contributed by atoms with Gasteiger partial charge in [-0.3, -0.25) is 14.6 Å². The van der Waals surface area contributed by atoms with Gasteiger partial charge in [0.05, 0.1) is 16.0 Å². The molecule has 1 aliphatic rings. The van der Waals surface area contributed by atoms with E-state index in [1.807, 2.05) is 36.0 Å². The molecule has 2 heterocycles. The van der Waals surface area contributed by atoms with Gasteiger partial charge in [0.25, 0.3) is 15.9 Å². The molecule has 0 spiro atoms. The number of carbonyl (C=O) groups is 3. The van der Waals surface area contributed by atoms with Crippen molar-refractivity contribution in [3.05, 3.63) is 65.4 Å². The molecule has 0 radical (unpaired) electrons. The van der Waals surface area contributed by atoms with Gasteiger partial charge in [0, 0.05) is 48.8 Å². The molecule has 0 saturated heterocycles. The largest absolute Gasteiger partial charge is 0.449 e. The molecule has 1 aliphatic heterocycles. The zero-order valence-electron chi connectivity index (χ0n) is 20.1. The second-order valence-corrected chi connectivity index (χ2v) is 10.3. The summed E-state index contributed by atoms with van der Waals surface area (Å²) in [4.78, 5) is 43.8. The van der Waals surface area contributed by atoms with Crippen LogP contribution in [0.5, 0.6) is 0 Å². The molecule has 2 aromatic carbocycles. The molecule has 188 valence electrons. The van der Waals surface area contributed by atoms with E-state index in [1.54, 1.807) is 0 Å². The lowest BCUT2D eigenvalue weighted by atomic mass is 9.96. The van der Waals surface area contributed by atoms with Gasteiger partial charge >= 0.3 is 5.97 Å². The fraction of sp³-hybridized carbons (Fsp3) is 0.280. The van der Waals surface area contributed by atoms with Crippen molar-refractivity contribution in [2.24, 2.45) is 0 Å². The summed E-state index contributed by atoms with van der Waals surface area (Å²) in [6, 6.07) is 12.6. The molecular weight excluding hydrogens is 484 g/mol. The molecule has 2 N–H and O–H groups in total. The van der Waals surface area contributed by atoms with Crippen molar-refractivity contribution in [3.63, 3.8) is 0 Å². The van der Waals surface area contributed by atoms with E-state index in [-0.39, 0.29) is 4.90 Å². The first-order valence-corrected chi connectivity index (χ1v) is 12.8. The van der Waals surface area contributed by atoms with Gasteiger partial charge in [-0.2, -0.15) is 0 Å². The number of ether oxygens (including phenoxy) is 1. The molecule has 3 aromatic rings. The van der Waals surface area contributed by atoms with Crippen LogP contribution < -0.4 is 10.0 Å². The minimum Gasteiger partial charge on any atom is -0.449 e. The molecule has 1 aromatic heterocycles. The first-order valence-electron chi connectivity index (χ1n) is 11.3. The molecule has 4 rings (SSSR count). The molecule has 36 heavy (non-hydrogen) atoms. The fourth-order valence-electron chi connectivity index (χ4n) is 4.04. The highest BCUT2D eigenvalue weighted by molar-refractivity contribution is 7.90. The summed E-state index contributed by atoms with van der Waals surface area (Å²) in [7, 11) is -2.02. The maximum atomic E-state index is 13.3. The van der Waals surface area contributed by atoms with E-state index >= 15 is 0 Å². The SMILES string of the molecule is CC(=O)NS(=O)(=O)c1ccc(NC(=O)C(C)OC(=O)c2c3c(nc4ccccc24)CCN(C)C3)cc1. The normalized spacial score (nSPS) is 14.5. The van der Waals surface area contributed by atoms with Gasteiger partial charge < -0.3 is 15.0 Å². The Balaban J connectivity index is 1.51. The number of esters is 1. The first-order chi connectivity index (χ1) is 17.0. The van der Waals surface area contributed by atoms with Crippen molar-refractivity contribution < 1.29 is 27.5 Å². The number of aromatic nitrogens is 1. The topological polar surface area (TPSA) is 135 Å². The van der Waals surface area contributed by atoms with Gasteiger partial charge in [-0.05, 0) is 44.3 Å². The summed E-state index contributed by atoms with van der Waals surface area (Å²) >= 11 is 0. The second-order valence-electron chi connectivity index (χ2n) is 8.64. The number of pyridine rings is 1. The third kappa shape index (κ3) is 5.37. The molecule has 0 saturated carbocycles. The van der Waals surface area contributed by atoms with E-state index in [4.69, 9.17) is 9.72 Å². The summed E-state index contributed by atoms with van der Waals surface area (Å²) in [5.41, 5.74) is 3.06. The van der Waals surface area contributed by atoms with Crippen LogP contribution in [0.25, 0.3) is 10.9 Å². The number of benzene rings is 2.